The van der Waals surface area contributed by atoms with Gasteiger partial charge in [0.25, 0.3) is 0 Å². The molecule has 0 N–H and O–H groups in total. The molecule has 0 saturated carbocycles. The summed E-state index contributed by atoms with van der Waals surface area (Å²) in [7, 11) is 1.24. The first-order chi connectivity index (χ1) is 7.22. The number of methoxy groups -OCH3 is 1. The zero-order valence-corrected chi connectivity index (χ0v) is 8.43. The molecule has 0 atom stereocenters. The Kier molecular flexibility index (Phi) is 4.34. The lowest BCUT2D eigenvalue weighted by Gasteiger charge is -2.03. The lowest BCUT2D eigenvalue weighted by Crippen LogP contribution is -2.16. The molecule has 4 nitrogen and oxygen atoms in total. The summed E-state index contributed by atoms with van der Waals surface area (Å²) in [6, 6.07) is 9.17. The van der Waals surface area contributed by atoms with Crippen molar-refractivity contribution in [3.63, 3.8) is 0 Å². The summed E-state index contributed by atoms with van der Waals surface area (Å²) in [4.78, 5) is 21.9. The molecule has 1 aromatic rings. The Bertz CT molecular complexity index is 332. The van der Waals surface area contributed by atoms with Crippen molar-refractivity contribution >= 4 is 11.9 Å². The number of carbonyl (C=O) groups excluding carboxylic acids is 2. The second-order valence-corrected chi connectivity index (χ2v) is 2.90. The number of hydrogen-bond acceptors (Lipinski definition) is 4. The van der Waals surface area contributed by atoms with E-state index in [0.29, 0.717) is 0 Å². The van der Waals surface area contributed by atoms with E-state index in [1.807, 2.05) is 30.3 Å². The van der Waals surface area contributed by atoms with Gasteiger partial charge in [-0.2, -0.15) is 0 Å². The van der Waals surface area contributed by atoms with Crippen LogP contribution in [0.25, 0.3) is 0 Å². The Morgan fingerprint density at radius 2 is 1.80 bits per heavy atom. The number of rotatable bonds is 4. The van der Waals surface area contributed by atoms with Crippen molar-refractivity contribution in [2.75, 3.05) is 13.7 Å². The molecule has 0 unspecified atom stereocenters. The van der Waals surface area contributed by atoms with E-state index in [1.54, 1.807) is 0 Å². The Labute approximate surface area is 87.8 Å². The predicted molar refractivity (Wildman–Crippen MR) is 53.1 cm³/mol. The molecular weight excluding hydrogens is 204 g/mol. The van der Waals surface area contributed by atoms with Crippen LogP contribution in [-0.2, 0) is 25.5 Å². The molecular formula is C11H12O4. The maximum Gasteiger partial charge on any atom is 0.344 e. The third-order valence-electron chi connectivity index (χ3n) is 1.77. The second kappa shape index (κ2) is 5.80. The zero-order valence-electron chi connectivity index (χ0n) is 8.43. The van der Waals surface area contributed by atoms with Gasteiger partial charge in [-0.25, -0.2) is 4.79 Å². The minimum atomic E-state index is -0.559. The van der Waals surface area contributed by atoms with Crippen LogP contribution >= 0.6 is 0 Å². The molecule has 0 saturated heterocycles. The van der Waals surface area contributed by atoms with Gasteiger partial charge in [-0.3, -0.25) is 4.79 Å². The standard InChI is InChI=1S/C11H12O4/c1-14-11(13)8-15-10(12)7-9-5-3-2-4-6-9/h2-6H,7-8H2,1H3/i2+1,3+1,4+1,5+1,6+1,8+1,9+1,11+1. The molecule has 0 aliphatic rings. The summed E-state index contributed by atoms with van der Waals surface area (Å²) < 4.78 is 9.02. The molecule has 80 valence electrons. The van der Waals surface area contributed by atoms with E-state index in [-0.39, 0.29) is 13.0 Å². The number of carbonyl (C=O) groups is 2. The maximum atomic E-state index is 11.2. The first kappa shape index (κ1) is 11.2. The highest BCUT2D eigenvalue weighted by atomic mass is 16.7. The van der Waals surface area contributed by atoms with Crippen molar-refractivity contribution in [2.45, 2.75) is 6.42 Å². The number of hydrogen-bond donors (Lipinski definition) is 0. The number of esters is 2. The van der Waals surface area contributed by atoms with E-state index in [9.17, 15) is 9.59 Å². The molecule has 0 spiro atoms. The first-order valence-electron chi connectivity index (χ1n) is 4.48. The molecule has 0 amide bonds. The summed E-state index contributed by atoms with van der Waals surface area (Å²) in [6.07, 6.45) is 0.165. The van der Waals surface area contributed by atoms with Crippen molar-refractivity contribution in [3.8, 4) is 0 Å². The van der Waals surface area contributed by atoms with Crippen molar-refractivity contribution in [1.82, 2.24) is 0 Å². The normalized spacial score (nSPS) is 9.40. The van der Waals surface area contributed by atoms with Crippen molar-refractivity contribution in [2.24, 2.45) is 0 Å². The Balaban J connectivity index is 2.34. The summed E-state index contributed by atoms with van der Waals surface area (Å²) in [5.41, 5.74) is 0.854. The topological polar surface area (TPSA) is 52.6 Å². The minimum Gasteiger partial charge on any atom is -0.466 e. The van der Waals surface area contributed by atoms with Crippen LogP contribution in [0.4, 0.5) is 0 Å². The van der Waals surface area contributed by atoms with Gasteiger partial charge in [0, 0.05) is 0 Å². The van der Waals surface area contributed by atoms with Gasteiger partial charge >= 0.3 is 11.9 Å². The molecule has 0 aromatic heterocycles. The van der Waals surface area contributed by atoms with Crippen LogP contribution < -0.4 is 0 Å². The highest BCUT2D eigenvalue weighted by Crippen LogP contribution is 2.00. The predicted octanol–water partition coefficient (Wildman–Crippen LogP) is 0.945. The van der Waals surface area contributed by atoms with E-state index >= 15 is 0 Å². The summed E-state index contributed by atoms with van der Waals surface area (Å²) in [5.74, 6) is -0.997. The Morgan fingerprint density at radius 3 is 2.40 bits per heavy atom. The van der Waals surface area contributed by atoms with Gasteiger partial charge in [-0.1, -0.05) is 30.3 Å². The lowest BCUT2D eigenvalue weighted by molar-refractivity contribution is -0.156. The van der Waals surface area contributed by atoms with Gasteiger partial charge in [0.05, 0.1) is 13.5 Å². The van der Waals surface area contributed by atoms with Gasteiger partial charge < -0.3 is 9.47 Å². The quantitative estimate of drug-likeness (QED) is 0.555. The molecule has 4 heteroatoms. The average Bonchev–Trinajstić information content (AvgIpc) is 2.27. The summed E-state index contributed by atoms with van der Waals surface area (Å²) in [6.45, 7) is -0.331. The molecule has 0 aliphatic heterocycles. The molecule has 0 bridgehead atoms. The monoisotopic (exact) mass is 216 g/mol. The van der Waals surface area contributed by atoms with Crippen LogP contribution in [0.15, 0.2) is 30.3 Å². The minimum absolute atomic E-state index is 0.165. The largest absolute Gasteiger partial charge is 0.466 e. The van der Waals surface area contributed by atoms with Crippen LogP contribution in [0.3, 0.4) is 0 Å². The molecule has 1 rings (SSSR count). The third-order valence-corrected chi connectivity index (χ3v) is 1.77. The average molecular weight is 216 g/mol. The SMILES string of the molecule is CO[13C](=O)[13CH2]OC(=O)C[13c]1[13cH][13cH][13cH][13cH][13cH]1. The highest BCUT2D eigenvalue weighted by molar-refractivity contribution is 5.77. The molecule has 0 heterocycles. The van der Waals surface area contributed by atoms with E-state index < -0.39 is 11.9 Å². The van der Waals surface area contributed by atoms with E-state index in [2.05, 4.69) is 9.47 Å². The molecule has 0 radical (unpaired) electrons. The summed E-state index contributed by atoms with van der Waals surface area (Å²) in [5, 5.41) is 0. The van der Waals surface area contributed by atoms with Crippen LogP contribution in [0.2, 0.25) is 0 Å². The van der Waals surface area contributed by atoms with Gasteiger partial charge in [0.15, 0.2) is 6.61 Å². The van der Waals surface area contributed by atoms with Crippen molar-refractivity contribution < 1.29 is 19.1 Å². The maximum absolute atomic E-state index is 11.2. The Morgan fingerprint density at radius 1 is 1.13 bits per heavy atom. The first-order valence-corrected chi connectivity index (χ1v) is 4.48. The fourth-order valence-corrected chi connectivity index (χ4v) is 1.01. The Hall–Kier alpha value is -1.84. The third kappa shape index (κ3) is 4.26. The van der Waals surface area contributed by atoms with Crippen molar-refractivity contribution in [3.05, 3.63) is 35.9 Å². The van der Waals surface area contributed by atoms with Crippen LogP contribution in [0, 0.1) is 0 Å². The van der Waals surface area contributed by atoms with Gasteiger partial charge in [0.2, 0.25) is 0 Å². The van der Waals surface area contributed by atoms with Crippen LogP contribution in [0.5, 0.6) is 0 Å². The van der Waals surface area contributed by atoms with Gasteiger partial charge in [-0.15, -0.1) is 0 Å². The van der Waals surface area contributed by atoms with Gasteiger partial charge in [0.1, 0.15) is 0 Å². The smallest absolute Gasteiger partial charge is 0.344 e. The molecule has 15 heavy (non-hydrogen) atoms. The van der Waals surface area contributed by atoms with Crippen LogP contribution in [0.1, 0.15) is 5.56 Å². The highest BCUT2D eigenvalue weighted by Gasteiger charge is 2.07. The van der Waals surface area contributed by atoms with E-state index in [0.717, 1.165) is 5.56 Å². The van der Waals surface area contributed by atoms with Crippen molar-refractivity contribution in [1.29, 1.82) is 0 Å². The van der Waals surface area contributed by atoms with E-state index in [1.165, 1.54) is 7.11 Å². The second-order valence-electron chi connectivity index (χ2n) is 2.90. The van der Waals surface area contributed by atoms with Gasteiger partial charge in [-0.05, 0) is 5.56 Å². The molecule has 0 fully saturated rings. The zero-order chi connectivity index (χ0) is 11.1. The molecule has 1 aromatic carbocycles. The molecule has 0 aliphatic carbocycles. The van der Waals surface area contributed by atoms with E-state index in [4.69, 9.17) is 0 Å². The fourth-order valence-electron chi connectivity index (χ4n) is 1.01. The number of ether oxygens (including phenoxy) is 2. The number of benzene rings is 1. The lowest BCUT2D eigenvalue weighted by atomic mass is 10.6. The fraction of sp³-hybridized carbons (Fsp3) is 0.273. The summed E-state index contributed by atoms with van der Waals surface area (Å²) >= 11 is 0. The van der Waals surface area contributed by atoms with Crippen LogP contribution in [-0.4, -0.2) is 25.7 Å².